The minimum Gasteiger partial charge on any atom is -0.490 e. The summed E-state index contributed by atoms with van der Waals surface area (Å²) in [6.45, 7) is 5.79. The summed E-state index contributed by atoms with van der Waals surface area (Å²) < 4.78 is 33.1. The largest absolute Gasteiger partial charge is 0.490 e. The molecule has 3 rings (SSSR count). The van der Waals surface area contributed by atoms with Crippen LogP contribution in [0.2, 0.25) is 5.02 Å². The van der Waals surface area contributed by atoms with Crippen LogP contribution in [-0.2, 0) is 10.0 Å². The quantitative estimate of drug-likeness (QED) is 0.452. The molecule has 0 aliphatic rings. The van der Waals surface area contributed by atoms with Crippen LogP contribution in [0, 0.1) is 6.92 Å². The second-order valence-corrected chi connectivity index (χ2v) is 8.76. The van der Waals surface area contributed by atoms with Gasteiger partial charge in [0, 0.05) is 16.3 Å². The Morgan fingerprint density at radius 3 is 2.29 bits per heavy atom. The lowest BCUT2D eigenvalue weighted by Gasteiger charge is -2.11. The van der Waals surface area contributed by atoms with E-state index in [1.807, 2.05) is 6.92 Å². The molecule has 6 nitrogen and oxygen atoms in total. The van der Waals surface area contributed by atoms with Gasteiger partial charge in [-0.25, -0.2) is 8.42 Å². The minimum absolute atomic E-state index is 0.0610. The maximum Gasteiger partial charge on any atom is 0.261 e. The molecule has 3 aromatic rings. The lowest BCUT2D eigenvalue weighted by atomic mass is 10.2. The van der Waals surface area contributed by atoms with Gasteiger partial charge in [-0.3, -0.25) is 9.52 Å². The van der Waals surface area contributed by atoms with Gasteiger partial charge in [0.1, 0.15) is 12.4 Å². The molecule has 0 bridgehead atoms. The second-order valence-electron chi connectivity index (χ2n) is 6.67. The zero-order chi connectivity index (χ0) is 22.4. The first-order chi connectivity index (χ1) is 14.8. The predicted molar refractivity (Wildman–Crippen MR) is 124 cm³/mol. The summed E-state index contributed by atoms with van der Waals surface area (Å²) in [4.78, 5) is 12.5. The number of carbonyl (C=O) groups excluding carboxylic acids is 1. The molecule has 3 aromatic carbocycles. The van der Waals surface area contributed by atoms with Crippen molar-refractivity contribution in [1.29, 1.82) is 0 Å². The van der Waals surface area contributed by atoms with Gasteiger partial charge in [-0.05, 0) is 73.2 Å². The van der Waals surface area contributed by atoms with Crippen molar-refractivity contribution in [1.82, 2.24) is 0 Å². The lowest BCUT2D eigenvalue weighted by Crippen LogP contribution is -2.14. The van der Waals surface area contributed by atoms with Crippen molar-refractivity contribution in [2.24, 2.45) is 0 Å². The molecule has 0 heterocycles. The van der Waals surface area contributed by atoms with Crippen molar-refractivity contribution < 1.29 is 17.9 Å². The molecule has 160 valence electrons. The number of hydrogen-bond donors (Lipinski definition) is 2. The Labute approximate surface area is 186 Å². The van der Waals surface area contributed by atoms with Crippen LogP contribution >= 0.6 is 11.6 Å². The Kier molecular flexibility index (Phi) is 6.99. The van der Waals surface area contributed by atoms with E-state index in [1.54, 1.807) is 48.5 Å². The average Bonchev–Trinajstić information content (AvgIpc) is 2.75. The molecule has 0 aliphatic carbocycles. The molecule has 0 saturated heterocycles. The standard InChI is InChI=1S/C23H21ClN2O4S/c1-3-14-30-20-10-5-17(6-11-20)23(27)25-18-8-12-21(13-9-18)31(28,29)26-19-7-4-16(2)22(24)15-19/h3-13,15,26H,1,14H2,2H3,(H,25,27). The van der Waals surface area contributed by atoms with Crippen LogP contribution in [0.15, 0.2) is 84.3 Å². The topological polar surface area (TPSA) is 84.5 Å². The number of nitrogens with one attached hydrogen (secondary N) is 2. The molecule has 1 amide bonds. The van der Waals surface area contributed by atoms with Gasteiger partial charge in [-0.2, -0.15) is 0 Å². The molecule has 8 heteroatoms. The van der Waals surface area contributed by atoms with Gasteiger partial charge < -0.3 is 10.1 Å². The Morgan fingerprint density at radius 2 is 1.68 bits per heavy atom. The van der Waals surface area contributed by atoms with Gasteiger partial charge in [-0.15, -0.1) is 0 Å². The number of amides is 1. The summed E-state index contributed by atoms with van der Waals surface area (Å²) in [7, 11) is -3.80. The average molecular weight is 457 g/mol. The van der Waals surface area contributed by atoms with Crippen LogP contribution < -0.4 is 14.8 Å². The van der Waals surface area contributed by atoms with E-state index in [0.29, 0.717) is 34.3 Å². The smallest absolute Gasteiger partial charge is 0.261 e. The predicted octanol–water partition coefficient (Wildman–Crippen LogP) is 5.27. The first-order valence-corrected chi connectivity index (χ1v) is 11.2. The molecule has 0 aromatic heterocycles. The van der Waals surface area contributed by atoms with Gasteiger partial charge in [0.05, 0.1) is 10.6 Å². The van der Waals surface area contributed by atoms with Gasteiger partial charge >= 0.3 is 0 Å². The number of benzene rings is 3. The Bertz CT molecular complexity index is 1190. The van der Waals surface area contributed by atoms with E-state index in [0.717, 1.165) is 5.56 Å². The molecule has 0 atom stereocenters. The van der Waals surface area contributed by atoms with Crippen LogP contribution in [0.4, 0.5) is 11.4 Å². The highest BCUT2D eigenvalue weighted by Gasteiger charge is 2.15. The third-order valence-corrected chi connectivity index (χ3v) is 6.14. The SMILES string of the molecule is C=CCOc1ccc(C(=O)Nc2ccc(S(=O)(=O)Nc3ccc(C)c(Cl)c3)cc2)cc1. The molecule has 2 N–H and O–H groups in total. The van der Waals surface area contributed by atoms with Crippen LogP contribution in [0.3, 0.4) is 0 Å². The zero-order valence-corrected chi connectivity index (χ0v) is 18.3. The maximum atomic E-state index is 12.6. The number of sulfonamides is 1. The number of anilines is 2. The summed E-state index contributed by atoms with van der Waals surface area (Å²) in [5.74, 6) is 0.312. The minimum atomic E-state index is -3.80. The number of rotatable bonds is 8. The fraction of sp³-hybridized carbons (Fsp3) is 0.0870. The molecule has 0 aliphatic heterocycles. The van der Waals surface area contributed by atoms with Gasteiger partial charge in [-0.1, -0.05) is 30.3 Å². The number of ether oxygens (including phenoxy) is 1. The number of carbonyl (C=O) groups is 1. The van der Waals surface area contributed by atoms with Crippen molar-refractivity contribution >= 4 is 38.9 Å². The maximum absolute atomic E-state index is 12.6. The highest BCUT2D eigenvalue weighted by Crippen LogP contribution is 2.23. The summed E-state index contributed by atoms with van der Waals surface area (Å²) in [6.07, 6.45) is 1.63. The molecule has 0 radical (unpaired) electrons. The summed E-state index contributed by atoms with van der Waals surface area (Å²) >= 11 is 6.05. The van der Waals surface area contributed by atoms with Crippen molar-refractivity contribution in [3.8, 4) is 5.75 Å². The Balaban J connectivity index is 1.66. The molecule has 0 saturated carbocycles. The highest BCUT2D eigenvalue weighted by molar-refractivity contribution is 7.92. The summed E-state index contributed by atoms with van der Waals surface area (Å²) in [6, 6.07) is 17.5. The summed E-state index contributed by atoms with van der Waals surface area (Å²) in [5.41, 5.74) is 2.13. The molecule has 31 heavy (non-hydrogen) atoms. The lowest BCUT2D eigenvalue weighted by molar-refractivity contribution is 0.102. The van der Waals surface area contributed by atoms with E-state index < -0.39 is 10.0 Å². The van der Waals surface area contributed by atoms with Gasteiger partial charge in [0.15, 0.2) is 0 Å². The van der Waals surface area contributed by atoms with E-state index in [-0.39, 0.29) is 10.8 Å². The number of halogens is 1. The third kappa shape index (κ3) is 5.87. The van der Waals surface area contributed by atoms with Crippen LogP contribution in [0.5, 0.6) is 5.75 Å². The van der Waals surface area contributed by atoms with Crippen molar-refractivity contribution in [3.05, 3.63) is 95.5 Å². The fourth-order valence-corrected chi connectivity index (χ4v) is 3.88. The van der Waals surface area contributed by atoms with E-state index in [2.05, 4.69) is 16.6 Å². The molecular weight excluding hydrogens is 436 g/mol. The molecule has 0 spiro atoms. The van der Waals surface area contributed by atoms with E-state index >= 15 is 0 Å². The third-order valence-electron chi connectivity index (χ3n) is 4.33. The van der Waals surface area contributed by atoms with E-state index in [1.165, 1.54) is 24.3 Å². The van der Waals surface area contributed by atoms with Crippen LogP contribution in [0.25, 0.3) is 0 Å². The van der Waals surface area contributed by atoms with Crippen molar-refractivity contribution in [3.63, 3.8) is 0 Å². The summed E-state index contributed by atoms with van der Waals surface area (Å²) in [5, 5.41) is 3.21. The van der Waals surface area contributed by atoms with Gasteiger partial charge in [0.2, 0.25) is 0 Å². The van der Waals surface area contributed by atoms with Gasteiger partial charge in [0.25, 0.3) is 15.9 Å². The van der Waals surface area contributed by atoms with Crippen molar-refractivity contribution in [2.75, 3.05) is 16.6 Å². The molecular formula is C23H21ClN2O4S. The van der Waals surface area contributed by atoms with E-state index in [4.69, 9.17) is 16.3 Å². The first-order valence-electron chi connectivity index (χ1n) is 9.32. The second kappa shape index (κ2) is 9.68. The monoisotopic (exact) mass is 456 g/mol. The highest BCUT2D eigenvalue weighted by atomic mass is 35.5. The molecule has 0 fully saturated rings. The number of aryl methyl sites for hydroxylation is 1. The Hall–Kier alpha value is -3.29. The molecule has 0 unspecified atom stereocenters. The Morgan fingerprint density at radius 1 is 1.03 bits per heavy atom. The normalized spacial score (nSPS) is 10.9. The van der Waals surface area contributed by atoms with Crippen LogP contribution in [0.1, 0.15) is 15.9 Å². The fourth-order valence-electron chi connectivity index (χ4n) is 2.65. The van der Waals surface area contributed by atoms with Crippen LogP contribution in [-0.4, -0.2) is 20.9 Å². The first kappa shape index (κ1) is 22.4. The zero-order valence-electron chi connectivity index (χ0n) is 16.8. The number of hydrogen-bond acceptors (Lipinski definition) is 4. The van der Waals surface area contributed by atoms with E-state index in [9.17, 15) is 13.2 Å². The van der Waals surface area contributed by atoms with Crippen molar-refractivity contribution in [2.45, 2.75) is 11.8 Å².